The molecule has 2 aromatic carbocycles. The zero-order chi connectivity index (χ0) is 16.7. The fraction of sp³-hybridized carbons (Fsp3) is 0.188. The van der Waals surface area contributed by atoms with Gasteiger partial charge in [0, 0.05) is 6.42 Å². The van der Waals surface area contributed by atoms with Crippen molar-refractivity contribution in [2.75, 3.05) is 0 Å². The average Bonchev–Trinajstić information content (AvgIpc) is 2.54. The first kappa shape index (κ1) is 25.6. The summed E-state index contributed by atoms with van der Waals surface area (Å²) in [7, 11) is -3.94. The summed E-state index contributed by atoms with van der Waals surface area (Å²) in [6.45, 7) is -0.0211. The van der Waals surface area contributed by atoms with Crippen LogP contribution in [-0.2, 0) is 39.1 Å². The van der Waals surface area contributed by atoms with Crippen LogP contribution in [0.25, 0.3) is 0 Å². The van der Waals surface area contributed by atoms with E-state index in [1.807, 2.05) is 6.07 Å². The van der Waals surface area contributed by atoms with Crippen LogP contribution in [-0.4, -0.2) is 12.1 Å². The van der Waals surface area contributed by atoms with E-state index >= 15 is 0 Å². The maximum atomic E-state index is 12.2. The second kappa shape index (κ2) is 12.9. The van der Waals surface area contributed by atoms with Crippen LogP contribution in [0, 0.1) is 0 Å². The Morgan fingerprint density at radius 2 is 1.48 bits per heavy atom. The van der Waals surface area contributed by atoms with Crippen LogP contribution in [0.4, 0.5) is 0 Å². The van der Waals surface area contributed by atoms with Crippen LogP contribution in [0.15, 0.2) is 60.7 Å². The predicted octanol–water partition coefficient (Wildman–Crippen LogP) is -4.83. The molecule has 9 heteroatoms. The van der Waals surface area contributed by atoms with E-state index in [1.54, 1.807) is 54.6 Å². The molecule has 0 amide bonds. The molecule has 122 valence electrons. The summed E-state index contributed by atoms with van der Waals surface area (Å²) in [5.41, 5.74) is 1.47. The molecule has 0 saturated heterocycles. The van der Waals surface area contributed by atoms with Crippen LogP contribution in [0.1, 0.15) is 11.1 Å². The van der Waals surface area contributed by atoms with Gasteiger partial charge in [0.05, 0.1) is 5.97 Å². The van der Waals surface area contributed by atoms with Gasteiger partial charge in [0.25, 0.3) is 0 Å². The molecule has 5 nitrogen and oxygen atoms in total. The number of carboxylic acids is 1. The van der Waals surface area contributed by atoms with E-state index in [9.17, 15) is 14.8 Å². The van der Waals surface area contributed by atoms with Crippen molar-refractivity contribution in [2.24, 2.45) is 0 Å². The van der Waals surface area contributed by atoms with Gasteiger partial charge in [-0.2, -0.15) is 0 Å². The van der Waals surface area contributed by atoms with Crippen molar-refractivity contribution >= 4 is 25.4 Å². The fourth-order valence-corrected chi connectivity index (χ4v) is 3.22. The molecule has 1 unspecified atom stereocenters. The molecule has 0 saturated carbocycles. The molecule has 0 bridgehead atoms. The average molecular weight is 396 g/mol. The van der Waals surface area contributed by atoms with E-state index in [0.717, 1.165) is 5.56 Å². The van der Waals surface area contributed by atoms with Gasteiger partial charge in [-0.1, -0.05) is 60.7 Å². The summed E-state index contributed by atoms with van der Waals surface area (Å²) in [4.78, 5) is 23.4. The molecule has 2 rings (SSSR count). The molecule has 0 N–H and O–H groups in total. The van der Waals surface area contributed by atoms with E-state index in [2.05, 4.69) is 0 Å². The van der Waals surface area contributed by atoms with Crippen LogP contribution in [0.2, 0.25) is 0 Å². The Balaban J connectivity index is 0.00000288. The molecule has 0 fully saturated rings. The van der Waals surface area contributed by atoms with E-state index in [1.165, 1.54) is 0 Å². The third kappa shape index (κ3) is 9.89. The number of carbonyl (C=O) groups is 1. The normalized spacial score (nSPS) is 13.7. The quantitative estimate of drug-likeness (QED) is 0.253. The Morgan fingerprint density at radius 1 is 1.00 bits per heavy atom. The first-order valence-electron chi connectivity index (χ1n) is 6.89. The third-order valence-electron chi connectivity index (χ3n) is 3.02. The van der Waals surface area contributed by atoms with Crippen molar-refractivity contribution in [1.82, 2.24) is 0 Å². The third-order valence-corrected chi connectivity index (χ3v) is 4.55. The fourth-order valence-electron chi connectivity index (χ4n) is 1.91. The van der Waals surface area contributed by atoms with Crippen molar-refractivity contribution in [3.8, 4) is 0 Å². The Morgan fingerprint density at radius 3 is 1.96 bits per heavy atom. The van der Waals surface area contributed by atoms with E-state index in [-0.39, 0.29) is 72.1 Å². The van der Waals surface area contributed by atoms with Crippen molar-refractivity contribution < 1.29 is 83.0 Å². The predicted molar refractivity (Wildman–Crippen MR) is 85.5 cm³/mol. The van der Waals surface area contributed by atoms with Gasteiger partial charge < -0.3 is 27.0 Å². The van der Waals surface area contributed by atoms with E-state index in [4.69, 9.17) is 21.3 Å². The number of hydrogen-bond donors (Lipinski definition) is 0. The number of aliphatic carboxylic acids is 1. The monoisotopic (exact) mass is 396 g/mol. The molecule has 0 spiro atoms. The molecule has 0 aliphatic heterocycles. The summed E-state index contributed by atoms with van der Waals surface area (Å²) in [5, 5.41) is 11.2. The molecule has 2 aromatic rings. The number of benzene rings is 2. The van der Waals surface area contributed by atoms with Gasteiger partial charge in [-0.15, -0.1) is 0 Å². The Kier molecular flexibility index (Phi) is 13.2. The van der Waals surface area contributed by atoms with Crippen LogP contribution in [0.3, 0.4) is 0 Å². The van der Waals surface area contributed by atoms with Gasteiger partial charge in [-0.05, 0) is 11.1 Å². The van der Waals surface area contributed by atoms with Gasteiger partial charge in [0.1, 0.15) is 19.9 Å². The smallest absolute Gasteiger partial charge is 0.648 e. The summed E-state index contributed by atoms with van der Waals surface area (Å²) in [6, 6.07) is 17.8. The zero-order valence-corrected chi connectivity index (χ0v) is 19.9. The van der Waals surface area contributed by atoms with Crippen molar-refractivity contribution in [2.45, 2.75) is 19.1 Å². The molecule has 0 aliphatic carbocycles. The second-order valence-corrected chi connectivity index (χ2v) is 7.51. The van der Waals surface area contributed by atoms with Crippen molar-refractivity contribution in [3.63, 3.8) is 0 Å². The number of carbonyl (C=O) groups excluding carboxylic acids is 1. The maximum Gasteiger partial charge on any atom is 1.00 e. The number of rotatable bonds is 8. The van der Waals surface area contributed by atoms with Crippen molar-refractivity contribution in [3.05, 3.63) is 71.8 Å². The molecule has 2 atom stereocenters. The second-order valence-electron chi connectivity index (χ2n) is 4.81. The Bertz CT molecular complexity index is 631. The van der Waals surface area contributed by atoms with Crippen molar-refractivity contribution in [1.29, 1.82) is 0 Å². The topological polar surface area (TPSA) is 81.7 Å². The Labute approximate surface area is 197 Å². The number of carboxylic acid groups (broad SMARTS) is 1. The summed E-state index contributed by atoms with van der Waals surface area (Å²) in [6.07, 6.45) is -1.44. The molecule has 0 aliphatic rings. The van der Waals surface area contributed by atoms with Gasteiger partial charge in [0.2, 0.25) is 0 Å². The van der Waals surface area contributed by atoms with E-state index < -0.39 is 19.2 Å². The minimum Gasteiger partial charge on any atom is -0.648 e. The molecular weight excluding hydrogens is 381 g/mol. The minimum atomic E-state index is -3.94. The molecular formula is C16H15Na2O5PS. The standard InChI is InChI=1S/C16H17O5PS.2Na/c17-16(18)15(11-13-7-3-1-4-8-13)21-22(19,23)20-12-14-9-5-2-6-10-14;;/h1-10,15H,11-12H2,(H,17,18)(H,19,23);;/q;2*+1/p-2/t15-,22?;;/m0../s1. The SMILES string of the molecule is O=C([O-])[C@H](Cc1ccccc1)O[P+]([O-])([S-])OCc1ccccc1.[Na+].[Na+]. The minimum absolute atomic E-state index is 0. The maximum absolute atomic E-state index is 12.2. The van der Waals surface area contributed by atoms with Gasteiger partial charge in [-0.25, -0.2) is 9.05 Å². The van der Waals surface area contributed by atoms with Gasteiger partial charge in [0.15, 0.2) is 0 Å². The largest absolute Gasteiger partial charge is 1.00 e. The molecule has 0 aromatic heterocycles. The van der Waals surface area contributed by atoms with Crippen LogP contribution >= 0.6 is 7.15 Å². The van der Waals surface area contributed by atoms with Gasteiger partial charge in [-0.3, -0.25) is 0 Å². The first-order valence-corrected chi connectivity index (χ1v) is 9.44. The van der Waals surface area contributed by atoms with Crippen LogP contribution < -0.4 is 69.1 Å². The molecule has 0 radical (unpaired) electrons. The first-order chi connectivity index (χ1) is 11.0. The van der Waals surface area contributed by atoms with Crippen LogP contribution in [0.5, 0.6) is 0 Å². The summed E-state index contributed by atoms with van der Waals surface area (Å²) in [5.74, 6) is -1.48. The summed E-state index contributed by atoms with van der Waals surface area (Å²) < 4.78 is 10.1. The van der Waals surface area contributed by atoms with E-state index in [0.29, 0.717) is 5.56 Å². The molecule has 0 heterocycles. The molecule has 25 heavy (non-hydrogen) atoms. The Hall–Kier alpha value is 0.570. The number of hydrogen-bond acceptors (Lipinski definition) is 6. The summed E-state index contributed by atoms with van der Waals surface area (Å²) >= 11 is 4.77. The van der Waals surface area contributed by atoms with Gasteiger partial charge >= 0.3 is 59.1 Å². The zero-order valence-electron chi connectivity index (χ0n) is 14.2.